The Balaban J connectivity index is 1.66. The lowest BCUT2D eigenvalue weighted by Crippen LogP contribution is -2.34. The minimum Gasteiger partial charge on any atom is -0.307 e. The summed E-state index contributed by atoms with van der Waals surface area (Å²) < 4.78 is 2.23. The monoisotopic (exact) mass is 364 g/mol. The van der Waals surface area contributed by atoms with Gasteiger partial charge in [0, 0.05) is 22.5 Å². The van der Waals surface area contributed by atoms with Gasteiger partial charge in [0.15, 0.2) is 5.82 Å². The van der Waals surface area contributed by atoms with E-state index in [9.17, 15) is 0 Å². The van der Waals surface area contributed by atoms with Crippen molar-refractivity contribution in [3.63, 3.8) is 0 Å². The third kappa shape index (κ3) is 2.41. The van der Waals surface area contributed by atoms with Crippen LogP contribution in [0.25, 0.3) is 22.3 Å². The van der Waals surface area contributed by atoms with Crippen LogP contribution in [0.5, 0.6) is 0 Å². The maximum absolute atomic E-state index is 6.06. The van der Waals surface area contributed by atoms with Gasteiger partial charge in [0.2, 0.25) is 0 Å². The Morgan fingerprint density at radius 3 is 2.81 bits per heavy atom. The van der Waals surface area contributed by atoms with Gasteiger partial charge in [0.05, 0.1) is 23.8 Å². The van der Waals surface area contributed by atoms with E-state index in [0.717, 1.165) is 45.4 Å². The van der Waals surface area contributed by atoms with E-state index in [1.165, 1.54) is 5.56 Å². The van der Waals surface area contributed by atoms with Gasteiger partial charge in [-0.1, -0.05) is 23.7 Å². The fourth-order valence-electron chi connectivity index (χ4n) is 3.62. The molecule has 5 rings (SSSR count). The molecule has 0 saturated heterocycles. The summed E-state index contributed by atoms with van der Waals surface area (Å²) in [7, 11) is 0. The maximum atomic E-state index is 6.06. The van der Waals surface area contributed by atoms with Crippen LogP contribution in [0, 0.1) is 6.92 Å². The number of halogens is 1. The van der Waals surface area contributed by atoms with Gasteiger partial charge >= 0.3 is 0 Å². The molecule has 26 heavy (non-hydrogen) atoms. The number of fused-ring (bicyclic) bond motifs is 2. The van der Waals surface area contributed by atoms with Crippen LogP contribution in [0.4, 0.5) is 0 Å². The summed E-state index contributed by atoms with van der Waals surface area (Å²) in [5, 5.41) is 21.5. The smallest absolute Gasteiger partial charge is 0.164 e. The van der Waals surface area contributed by atoms with E-state index in [2.05, 4.69) is 54.5 Å². The molecule has 1 atom stereocenters. The molecule has 7 heteroatoms. The number of benzene rings is 2. The molecule has 1 aliphatic heterocycles. The lowest BCUT2D eigenvalue weighted by Gasteiger charge is -2.27. The molecule has 0 fully saturated rings. The molecular weight excluding hydrogens is 348 g/mol. The molecule has 0 spiro atoms. The predicted molar refractivity (Wildman–Crippen MR) is 101 cm³/mol. The highest BCUT2D eigenvalue weighted by molar-refractivity contribution is 6.30. The van der Waals surface area contributed by atoms with Crippen LogP contribution in [0.2, 0.25) is 5.02 Å². The van der Waals surface area contributed by atoms with Crippen LogP contribution < -0.4 is 5.32 Å². The Hall–Kier alpha value is -2.70. The number of aromatic nitrogens is 5. The lowest BCUT2D eigenvalue weighted by molar-refractivity contribution is 0.447. The molecule has 0 amide bonds. The summed E-state index contributed by atoms with van der Waals surface area (Å²) in [4.78, 5) is 0. The normalized spacial score (nSPS) is 16.8. The molecule has 130 valence electrons. The summed E-state index contributed by atoms with van der Waals surface area (Å²) in [6, 6.07) is 14.4. The van der Waals surface area contributed by atoms with Gasteiger partial charge < -0.3 is 9.88 Å². The van der Waals surface area contributed by atoms with Crippen molar-refractivity contribution in [3.8, 4) is 11.4 Å². The van der Waals surface area contributed by atoms with E-state index in [4.69, 9.17) is 11.6 Å². The Morgan fingerprint density at radius 2 is 1.96 bits per heavy atom. The zero-order valence-corrected chi connectivity index (χ0v) is 15.0. The zero-order chi connectivity index (χ0) is 17.7. The van der Waals surface area contributed by atoms with Crippen LogP contribution >= 0.6 is 11.6 Å². The Kier molecular flexibility index (Phi) is 3.55. The van der Waals surface area contributed by atoms with Crippen LogP contribution in [0.1, 0.15) is 23.1 Å². The zero-order valence-electron chi connectivity index (χ0n) is 14.2. The first-order chi connectivity index (χ1) is 12.7. The van der Waals surface area contributed by atoms with Gasteiger partial charge in [-0.2, -0.15) is 5.10 Å². The fraction of sp³-hybridized carbons (Fsp3) is 0.211. The predicted octanol–water partition coefficient (Wildman–Crippen LogP) is 3.48. The van der Waals surface area contributed by atoms with Gasteiger partial charge in [-0.15, -0.1) is 10.2 Å². The quantitative estimate of drug-likeness (QED) is 0.571. The molecule has 3 heterocycles. The first-order valence-electron chi connectivity index (χ1n) is 8.56. The number of rotatable bonds is 2. The van der Waals surface area contributed by atoms with Gasteiger partial charge in [-0.25, -0.2) is 0 Å². The van der Waals surface area contributed by atoms with E-state index in [1.807, 2.05) is 25.1 Å². The van der Waals surface area contributed by atoms with Crippen molar-refractivity contribution in [2.24, 2.45) is 0 Å². The second-order valence-corrected chi connectivity index (χ2v) is 7.01. The summed E-state index contributed by atoms with van der Waals surface area (Å²) in [6.45, 7) is 3.54. The highest BCUT2D eigenvalue weighted by atomic mass is 35.5. The van der Waals surface area contributed by atoms with Crippen molar-refractivity contribution in [1.29, 1.82) is 0 Å². The number of nitrogens with one attached hydrogen (secondary N) is 2. The summed E-state index contributed by atoms with van der Waals surface area (Å²) in [5.41, 5.74) is 4.24. The number of aryl methyl sites for hydroxylation is 1. The molecular formula is C19H17ClN6. The number of hydrogen-bond acceptors (Lipinski definition) is 4. The standard InChI is InChI=1S/C19H17ClN6/c1-11-15-8-13(4-7-16(15)23-22-11)19-25-24-18-10-21-9-17(26(18)19)12-2-5-14(20)6-3-12/h2-8,17,21H,9-10H2,1H3,(H,22,23)/t17-/m0/s1. The minimum atomic E-state index is 0.127. The Morgan fingerprint density at radius 1 is 1.12 bits per heavy atom. The minimum absolute atomic E-state index is 0.127. The first-order valence-corrected chi connectivity index (χ1v) is 8.93. The van der Waals surface area contributed by atoms with E-state index >= 15 is 0 Å². The van der Waals surface area contributed by atoms with Crippen LogP contribution in [0.15, 0.2) is 42.5 Å². The van der Waals surface area contributed by atoms with Crippen molar-refractivity contribution in [2.45, 2.75) is 19.5 Å². The van der Waals surface area contributed by atoms with Crippen LogP contribution in [-0.2, 0) is 6.54 Å². The lowest BCUT2D eigenvalue weighted by atomic mass is 10.0. The van der Waals surface area contributed by atoms with Gasteiger partial charge in [0.1, 0.15) is 5.82 Å². The highest BCUT2D eigenvalue weighted by Gasteiger charge is 2.26. The third-order valence-corrected chi connectivity index (χ3v) is 5.22. The van der Waals surface area contributed by atoms with Crippen molar-refractivity contribution >= 4 is 22.5 Å². The fourth-order valence-corrected chi connectivity index (χ4v) is 3.74. The summed E-state index contributed by atoms with van der Waals surface area (Å²) in [6.07, 6.45) is 0. The number of hydrogen-bond donors (Lipinski definition) is 2. The van der Waals surface area contributed by atoms with E-state index < -0.39 is 0 Å². The number of aromatic amines is 1. The molecule has 6 nitrogen and oxygen atoms in total. The molecule has 4 aromatic rings. The highest BCUT2D eigenvalue weighted by Crippen LogP contribution is 2.31. The van der Waals surface area contributed by atoms with Crippen molar-refractivity contribution in [3.05, 3.63) is 64.6 Å². The van der Waals surface area contributed by atoms with Gasteiger partial charge in [-0.05, 0) is 42.8 Å². The summed E-state index contributed by atoms with van der Waals surface area (Å²) >= 11 is 6.06. The van der Waals surface area contributed by atoms with Crippen molar-refractivity contribution in [2.75, 3.05) is 6.54 Å². The number of nitrogens with zero attached hydrogens (tertiary/aromatic N) is 4. The van der Waals surface area contributed by atoms with Crippen molar-refractivity contribution in [1.82, 2.24) is 30.3 Å². The van der Waals surface area contributed by atoms with E-state index in [1.54, 1.807) is 0 Å². The Bertz CT molecular complexity index is 1100. The third-order valence-electron chi connectivity index (χ3n) is 4.97. The topological polar surface area (TPSA) is 71.4 Å². The molecule has 0 aliphatic carbocycles. The largest absolute Gasteiger partial charge is 0.307 e. The van der Waals surface area contributed by atoms with Crippen molar-refractivity contribution < 1.29 is 0 Å². The molecule has 0 radical (unpaired) electrons. The second kappa shape index (κ2) is 5.93. The van der Waals surface area contributed by atoms with Crippen LogP contribution in [-0.4, -0.2) is 31.5 Å². The van der Waals surface area contributed by atoms with Gasteiger partial charge in [-0.3, -0.25) is 5.10 Å². The summed E-state index contributed by atoms with van der Waals surface area (Å²) in [5.74, 6) is 1.82. The SMILES string of the molecule is Cc1n[nH]c2ccc(-c3nnc4n3[C@H](c3ccc(Cl)cc3)CNC4)cc12. The first kappa shape index (κ1) is 15.5. The van der Waals surface area contributed by atoms with E-state index in [0.29, 0.717) is 6.54 Å². The molecule has 0 saturated carbocycles. The maximum Gasteiger partial charge on any atom is 0.164 e. The van der Waals surface area contributed by atoms with Gasteiger partial charge in [0.25, 0.3) is 0 Å². The molecule has 2 aromatic carbocycles. The molecule has 2 N–H and O–H groups in total. The molecule has 0 unspecified atom stereocenters. The molecule has 2 aromatic heterocycles. The number of H-pyrrole nitrogens is 1. The van der Waals surface area contributed by atoms with Crippen LogP contribution in [0.3, 0.4) is 0 Å². The second-order valence-electron chi connectivity index (χ2n) is 6.58. The average Bonchev–Trinajstić information content (AvgIpc) is 3.26. The Labute approximate surface area is 155 Å². The molecule has 0 bridgehead atoms. The van der Waals surface area contributed by atoms with E-state index in [-0.39, 0.29) is 6.04 Å². The molecule has 1 aliphatic rings. The average molecular weight is 365 g/mol.